The molecule has 0 N–H and O–H groups in total. The van der Waals surface area contributed by atoms with Crippen LogP contribution in [-0.2, 0) is 14.3 Å². The van der Waals surface area contributed by atoms with Gasteiger partial charge in [0.2, 0.25) is 0 Å². The first-order chi connectivity index (χ1) is 7.63. The number of hydrogen-bond acceptors (Lipinski definition) is 4. The van der Waals surface area contributed by atoms with Crippen LogP contribution in [0.5, 0.6) is 5.75 Å². The smallest absolute Gasteiger partial charge is 0.311 e. The molecule has 0 spiro atoms. The molecule has 5 heteroatoms. The van der Waals surface area contributed by atoms with Crippen LogP contribution in [0, 0.1) is 0 Å². The highest BCUT2D eigenvalue weighted by Gasteiger charge is 2.10. The molecule has 4 nitrogen and oxygen atoms in total. The predicted molar refractivity (Wildman–Crippen MR) is 58.3 cm³/mol. The molecular formula is C11H11ClO4. The molecule has 0 heterocycles. The molecule has 86 valence electrons. The van der Waals surface area contributed by atoms with Gasteiger partial charge in [0, 0.05) is 0 Å². The number of carbonyl (C=O) groups is 2. The molecule has 0 radical (unpaired) electrons. The Bertz CT molecular complexity index is 389. The Morgan fingerprint density at radius 1 is 1.19 bits per heavy atom. The minimum atomic E-state index is -0.515. The second-order valence-electron chi connectivity index (χ2n) is 2.98. The lowest BCUT2D eigenvalue weighted by molar-refractivity contribution is -0.144. The van der Waals surface area contributed by atoms with E-state index in [1.165, 1.54) is 7.11 Å². The van der Waals surface area contributed by atoms with Crippen molar-refractivity contribution in [3.63, 3.8) is 0 Å². The number of methoxy groups -OCH3 is 1. The highest BCUT2D eigenvalue weighted by molar-refractivity contribution is 6.32. The second kappa shape index (κ2) is 6.12. The molecule has 0 aliphatic heterocycles. The molecule has 0 saturated heterocycles. The van der Waals surface area contributed by atoms with Crippen molar-refractivity contribution in [2.24, 2.45) is 0 Å². The minimum absolute atomic E-state index is 0.000212. The third-order valence-electron chi connectivity index (χ3n) is 1.82. The molecule has 0 aromatic heterocycles. The summed E-state index contributed by atoms with van der Waals surface area (Å²) in [5.41, 5.74) is 0. The molecule has 16 heavy (non-hydrogen) atoms. The predicted octanol–water partition coefficient (Wildman–Crippen LogP) is 2.20. The molecule has 0 saturated carbocycles. The summed E-state index contributed by atoms with van der Waals surface area (Å²) in [5.74, 6) is -0.673. The van der Waals surface area contributed by atoms with E-state index in [0.29, 0.717) is 10.8 Å². The van der Waals surface area contributed by atoms with Gasteiger partial charge in [0.15, 0.2) is 0 Å². The Morgan fingerprint density at radius 3 is 2.44 bits per heavy atom. The van der Waals surface area contributed by atoms with Gasteiger partial charge in [-0.1, -0.05) is 23.7 Å². The van der Waals surface area contributed by atoms with Gasteiger partial charge in [-0.05, 0) is 12.1 Å². The van der Waals surface area contributed by atoms with Gasteiger partial charge < -0.3 is 9.47 Å². The molecule has 0 fully saturated rings. The molecular weight excluding hydrogens is 232 g/mol. The van der Waals surface area contributed by atoms with Gasteiger partial charge in [-0.25, -0.2) is 0 Å². The number of para-hydroxylation sites is 1. The van der Waals surface area contributed by atoms with Crippen molar-refractivity contribution in [1.29, 1.82) is 0 Å². The molecule has 0 bridgehead atoms. The fourth-order valence-electron chi connectivity index (χ4n) is 1.01. The highest BCUT2D eigenvalue weighted by atomic mass is 35.5. The van der Waals surface area contributed by atoms with E-state index in [0.717, 1.165) is 0 Å². The summed E-state index contributed by atoms with van der Waals surface area (Å²) >= 11 is 5.79. The molecule has 0 unspecified atom stereocenters. The average molecular weight is 243 g/mol. The zero-order valence-corrected chi connectivity index (χ0v) is 9.49. The van der Waals surface area contributed by atoms with Crippen LogP contribution in [0.3, 0.4) is 0 Å². The average Bonchev–Trinajstić information content (AvgIpc) is 2.29. The lowest BCUT2D eigenvalue weighted by Crippen LogP contribution is -2.11. The summed E-state index contributed by atoms with van der Waals surface area (Å²) in [6.45, 7) is 0. The number of hydrogen-bond donors (Lipinski definition) is 0. The van der Waals surface area contributed by atoms with E-state index in [4.69, 9.17) is 16.3 Å². The van der Waals surface area contributed by atoms with Gasteiger partial charge in [-0.15, -0.1) is 0 Å². The van der Waals surface area contributed by atoms with Crippen LogP contribution in [0.4, 0.5) is 0 Å². The van der Waals surface area contributed by atoms with Crippen molar-refractivity contribution in [1.82, 2.24) is 0 Å². The minimum Gasteiger partial charge on any atom is -0.469 e. The van der Waals surface area contributed by atoms with Crippen molar-refractivity contribution in [3.8, 4) is 5.75 Å². The van der Waals surface area contributed by atoms with E-state index in [9.17, 15) is 9.59 Å². The van der Waals surface area contributed by atoms with Crippen LogP contribution < -0.4 is 4.74 Å². The largest absolute Gasteiger partial charge is 0.469 e. The highest BCUT2D eigenvalue weighted by Crippen LogP contribution is 2.23. The molecule has 0 amide bonds. The first-order valence-corrected chi connectivity index (χ1v) is 5.03. The Morgan fingerprint density at radius 2 is 1.81 bits per heavy atom. The summed E-state index contributed by atoms with van der Waals surface area (Å²) in [6, 6.07) is 6.63. The first kappa shape index (κ1) is 12.5. The SMILES string of the molecule is COC(=O)CCC(=O)Oc1ccccc1Cl. The van der Waals surface area contributed by atoms with Crippen molar-refractivity contribution in [2.75, 3.05) is 7.11 Å². The van der Waals surface area contributed by atoms with E-state index in [-0.39, 0.29) is 12.8 Å². The lowest BCUT2D eigenvalue weighted by atomic mass is 10.3. The maximum atomic E-state index is 11.3. The van der Waals surface area contributed by atoms with Crippen LogP contribution in [0.25, 0.3) is 0 Å². The number of esters is 2. The Hall–Kier alpha value is -1.55. The topological polar surface area (TPSA) is 52.6 Å². The fourth-order valence-corrected chi connectivity index (χ4v) is 1.18. The summed E-state index contributed by atoms with van der Waals surface area (Å²) in [7, 11) is 1.27. The summed E-state index contributed by atoms with van der Waals surface area (Å²) in [6.07, 6.45) is -0.0301. The second-order valence-corrected chi connectivity index (χ2v) is 3.39. The van der Waals surface area contributed by atoms with Gasteiger partial charge in [-0.2, -0.15) is 0 Å². The summed E-state index contributed by atoms with van der Waals surface area (Å²) in [5, 5.41) is 0.355. The van der Waals surface area contributed by atoms with E-state index in [1.807, 2.05) is 0 Å². The fraction of sp³-hybridized carbons (Fsp3) is 0.273. The maximum absolute atomic E-state index is 11.3. The van der Waals surface area contributed by atoms with Gasteiger partial charge in [0.05, 0.1) is 25.0 Å². The number of benzene rings is 1. The molecule has 1 aromatic carbocycles. The Balaban J connectivity index is 2.46. The number of ether oxygens (including phenoxy) is 2. The van der Waals surface area contributed by atoms with E-state index in [2.05, 4.69) is 4.74 Å². The molecule has 1 rings (SSSR count). The molecule has 0 aliphatic rings. The number of rotatable bonds is 4. The van der Waals surface area contributed by atoms with Crippen LogP contribution in [0.1, 0.15) is 12.8 Å². The van der Waals surface area contributed by atoms with Crippen LogP contribution >= 0.6 is 11.6 Å². The van der Waals surface area contributed by atoms with E-state index >= 15 is 0 Å². The third-order valence-corrected chi connectivity index (χ3v) is 2.13. The van der Waals surface area contributed by atoms with E-state index in [1.54, 1.807) is 24.3 Å². The van der Waals surface area contributed by atoms with Gasteiger partial charge in [-0.3, -0.25) is 9.59 Å². The molecule has 0 atom stereocenters. The summed E-state index contributed by atoms with van der Waals surface area (Å²) < 4.78 is 9.36. The Kier molecular flexibility index (Phi) is 4.79. The Labute approximate surface area is 98.1 Å². The van der Waals surface area contributed by atoms with Crippen molar-refractivity contribution < 1.29 is 19.1 Å². The zero-order valence-electron chi connectivity index (χ0n) is 8.73. The first-order valence-electron chi connectivity index (χ1n) is 4.65. The van der Waals surface area contributed by atoms with Gasteiger partial charge >= 0.3 is 11.9 Å². The number of carbonyl (C=O) groups excluding carboxylic acids is 2. The standard InChI is InChI=1S/C11H11ClO4/c1-15-10(13)6-7-11(14)16-9-5-3-2-4-8(9)12/h2-5H,6-7H2,1H3. The molecule has 0 aliphatic carbocycles. The quantitative estimate of drug-likeness (QED) is 0.600. The summed E-state index contributed by atoms with van der Waals surface area (Å²) in [4.78, 5) is 22.1. The van der Waals surface area contributed by atoms with Crippen molar-refractivity contribution >= 4 is 23.5 Å². The maximum Gasteiger partial charge on any atom is 0.311 e. The van der Waals surface area contributed by atoms with Crippen LogP contribution in [-0.4, -0.2) is 19.0 Å². The van der Waals surface area contributed by atoms with Crippen LogP contribution in [0.2, 0.25) is 5.02 Å². The van der Waals surface area contributed by atoms with Crippen molar-refractivity contribution in [2.45, 2.75) is 12.8 Å². The monoisotopic (exact) mass is 242 g/mol. The molecule has 1 aromatic rings. The van der Waals surface area contributed by atoms with Gasteiger partial charge in [0.25, 0.3) is 0 Å². The normalized spacial score (nSPS) is 9.62. The van der Waals surface area contributed by atoms with E-state index < -0.39 is 11.9 Å². The third kappa shape index (κ3) is 3.90. The van der Waals surface area contributed by atoms with Crippen molar-refractivity contribution in [3.05, 3.63) is 29.3 Å². The zero-order chi connectivity index (χ0) is 12.0. The lowest BCUT2D eigenvalue weighted by Gasteiger charge is -2.05. The number of halogens is 1. The van der Waals surface area contributed by atoms with Gasteiger partial charge in [0.1, 0.15) is 5.75 Å². The van der Waals surface area contributed by atoms with Crippen LogP contribution in [0.15, 0.2) is 24.3 Å².